The molecule has 1 nitrogen and oxygen atoms in total. The van der Waals surface area contributed by atoms with Crippen molar-refractivity contribution in [3.8, 4) is 0 Å². The van der Waals surface area contributed by atoms with Crippen LogP contribution in [0.1, 0.15) is 29.5 Å². The van der Waals surface area contributed by atoms with Gasteiger partial charge < -0.3 is 0 Å². The standard InChI is InChI=1S/C23H19N/c1-16-8-7-13-20(16)21-14-18-11-5-6-12-19(18)15-22(21)23(24)17-9-3-2-4-10-17/h2-15,20,24H,1H3. The molecular weight excluding hydrogens is 290 g/mol. The van der Waals surface area contributed by atoms with Gasteiger partial charge in [0.25, 0.3) is 0 Å². The Labute approximate surface area is 142 Å². The van der Waals surface area contributed by atoms with Gasteiger partial charge in [0.2, 0.25) is 0 Å². The maximum atomic E-state index is 8.77. The monoisotopic (exact) mass is 309 g/mol. The lowest BCUT2D eigenvalue weighted by molar-refractivity contribution is 1.01. The summed E-state index contributed by atoms with van der Waals surface area (Å²) in [7, 11) is 0. The van der Waals surface area contributed by atoms with Gasteiger partial charge in [-0.05, 0) is 35.4 Å². The Bertz CT molecular complexity index is 977. The molecule has 1 aliphatic rings. The molecule has 0 aliphatic heterocycles. The minimum absolute atomic E-state index is 0.258. The smallest absolute Gasteiger partial charge is 0.0687 e. The van der Waals surface area contributed by atoms with Crippen LogP contribution in [0.4, 0.5) is 0 Å². The Morgan fingerprint density at radius 1 is 0.875 bits per heavy atom. The summed E-state index contributed by atoms with van der Waals surface area (Å²) in [6.45, 7) is 2.16. The highest BCUT2D eigenvalue weighted by molar-refractivity contribution is 6.13. The fourth-order valence-corrected chi connectivity index (χ4v) is 3.41. The lowest BCUT2D eigenvalue weighted by Gasteiger charge is -2.18. The van der Waals surface area contributed by atoms with Crippen LogP contribution in [-0.4, -0.2) is 5.71 Å². The fourth-order valence-electron chi connectivity index (χ4n) is 3.41. The van der Waals surface area contributed by atoms with Gasteiger partial charge in [-0.25, -0.2) is 0 Å². The van der Waals surface area contributed by atoms with Gasteiger partial charge in [-0.3, -0.25) is 5.41 Å². The van der Waals surface area contributed by atoms with E-state index < -0.39 is 0 Å². The SMILES string of the molecule is CC1=CC=CC1c1cc2ccccc2cc1C(=N)c1ccccc1. The van der Waals surface area contributed by atoms with Gasteiger partial charge in [0.15, 0.2) is 0 Å². The van der Waals surface area contributed by atoms with E-state index in [2.05, 4.69) is 61.5 Å². The molecule has 0 spiro atoms. The minimum Gasteiger partial charge on any atom is -0.300 e. The first-order valence-electron chi connectivity index (χ1n) is 8.26. The van der Waals surface area contributed by atoms with Crippen molar-refractivity contribution in [2.45, 2.75) is 12.8 Å². The number of benzene rings is 3. The van der Waals surface area contributed by atoms with Crippen LogP contribution in [0, 0.1) is 5.41 Å². The highest BCUT2D eigenvalue weighted by atomic mass is 14.4. The largest absolute Gasteiger partial charge is 0.300 e. The molecular formula is C23H19N. The number of nitrogens with one attached hydrogen (secondary N) is 1. The molecule has 1 unspecified atom stereocenters. The molecule has 0 radical (unpaired) electrons. The van der Waals surface area contributed by atoms with Crippen LogP contribution in [-0.2, 0) is 0 Å². The summed E-state index contributed by atoms with van der Waals surface area (Å²) in [6.07, 6.45) is 6.50. The third-order valence-corrected chi connectivity index (χ3v) is 4.74. The van der Waals surface area contributed by atoms with Crippen molar-refractivity contribution in [3.63, 3.8) is 0 Å². The van der Waals surface area contributed by atoms with Crippen LogP contribution >= 0.6 is 0 Å². The van der Waals surface area contributed by atoms with E-state index in [1.165, 1.54) is 21.9 Å². The number of fused-ring (bicyclic) bond motifs is 1. The van der Waals surface area contributed by atoms with Gasteiger partial charge in [0.1, 0.15) is 0 Å². The number of allylic oxidation sites excluding steroid dienone is 4. The van der Waals surface area contributed by atoms with Crippen molar-refractivity contribution in [2.75, 3.05) is 0 Å². The van der Waals surface area contributed by atoms with Crippen molar-refractivity contribution >= 4 is 16.5 Å². The third kappa shape index (κ3) is 2.48. The summed E-state index contributed by atoms with van der Waals surface area (Å²) in [5.74, 6) is 0.258. The van der Waals surface area contributed by atoms with Crippen molar-refractivity contribution in [1.82, 2.24) is 0 Å². The molecule has 4 rings (SSSR count). The number of hydrogen-bond donors (Lipinski definition) is 1. The zero-order valence-electron chi connectivity index (χ0n) is 13.7. The van der Waals surface area contributed by atoms with Gasteiger partial charge in [0, 0.05) is 17.0 Å². The Kier molecular flexibility index (Phi) is 3.62. The van der Waals surface area contributed by atoms with E-state index in [0.29, 0.717) is 5.71 Å². The van der Waals surface area contributed by atoms with Crippen LogP contribution < -0.4 is 0 Å². The van der Waals surface area contributed by atoms with Crippen molar-refractivity contribution < 1.29 is 0 Å². The lowest BCUT2D eigenvalue weighted by Crippen LogP contribution is -2.08. The first-order valence-corrected chi connectivity index (χ1v) is 8.26. The second-order valence-electron chi connectivity index (χ2n) is 6.30. The normalized spacial score (nSPS) is 16.4. The summed E-state index contributed by atoms with van der Waals surface area (Å²) >= 11 is 0. The molecule has 1 atom stereocenters. The maximum Gasteiger partial charge on any atom is 0.0687 e. The summed E-state index contributed by atoms with van der Waals surface area (Å²) in [4.78, 5) is 0. The Morgan fingerprint density at radius 3 is 2.21 bits per heavy atom. The van der Waals surface area contributed by atoms with Crippen molar-refractivity contribution in [3.05, 3.63) is 107 Å². The molecule has 116 valence electrons. The fraction of sp³-hybridized carbons (Fsp3) is 0.0870. The molecule has 0 bridgehead atoms. The van der Waals surface area contributed by atoms with Gasteiger partial charge in [0.05, 0.1) is 5.71 Å². The predicted molar refractivity (Wildman–Crippen MR) is 102 cm³/mol. The quantitative estimate of drug-likeness (QED) is 0.586. The number of rotatable bonds is 3. The van der Waals surface area contributed by atoms with Gasteiger partial charge in [-0.15, -0.1) is 0 Å². The van der Waals surface area contributed by atoms with E-state index in [1.54, 1.807) is 0 Å². The number of hydrogen-bond acceptors (Lipinski definition) is 1. The highest BCUT2D eigenvalue weighted by Crippen LogP contribution is 2.35. The minimum atomic E-state index is 0.258. The summed E-state index contributed by atoms with van der Waals surface area (Å²) in [6, 6.07) is 22.8. The average Bonchev–Trinajstić information content (AvgIpc) is 3.06. The van der Waals surface area contributed by atoms with E-state index in [0.717, 1.165) is 11.1 Å². The van der Waals surface area contributed by atoms with E-state index >= 15 is 0 Å². The summed E-state index contributed by atoms with van der Waals surface area (Å²) in [5.41, 5.74) is 5.10. The molecule has 0 fully saturated rings. The zero-order chi connectivity index (χ0) is 16.5. The topological polar surface area (TPSA) is 23.9 Å². The van der Waals surface area contributed by atoms with E-state index in [4.69, 9.17) is 5.41 Å². The second-order valence-corrected chi connectivity index (χ2v) is 6.30. The molecule has 1 N–H and O–H groups in total. The molecule has 0 aromatic heterocycles. The van der Waals surface area contributed by atoms with Crippen LogP contribution in [0.3, 0.4) is 0 Å². The third-order valence-electron chi connectivity index (χ3n) is 4.74. The zero-order valence-corrected chi connectivity index (χ0v) is 13.7. The summed E-state index contributed by atoms with van der Waals surface area (Å²) < 4.78 is 0. The molecule has 0 saturated heterocycles. The average molecular weight is 309 g/mol. The van der Waals surface area contributed by atoms with Crippen molar-refractivity contribution in [1.29, 1.82) is 5.41 Å². The van der Waals surface area contributed by atoms with E-state index in [9.17, 15) is 0 Å². The van der Waals surface area contributed by atoms with Crippen molar-refractivity contribution in [2.24, 2.45) is 0 Å². The highest BCUT2D eigenvalue weighted by Gasteiger charge is 2.20. The molecule has 3 aromatic rings. The second kappa shape index (κ2) is 5.93. The van der Waals surface area contributed by atoms with Crippen LogP contribution in [0.5, 0.6) is 0 Å². The Balaban J connectivity index is 1.94. The molecule has 24 heavy (non-hydrogen) atoms. The Hall–Kier alpha value is -2.93. The lowest BCUT2D eigenvalue weighted by atomic mass is 9.85. The van der Waals surface area contributed by atoms with Crippen LogP contribution in [0.2, 0.25) is 0 Å². The van der Waals surface area contributed by atoms with Crippen LogP contribution in [0.15, 0.2) is 90.5 Å². The van der Waals surface area contributed by atoms with Gasteiger partial charge in [-0.2, -0.15) is 0 Å². The van der Waals surface area contributed by atoms with E-state index in [-0.39, 0.29) is 5.92 Å². The molecule has 0 amide bonds. The van der Waals surface area contributed by atoms with Gasteiger partial charge in [-0.1, -0.05) is 78.4 Å². The van der Waals surface area contributed by atoms with Crippen LogP contribution in [0.25, 0.3) is 10.8 Å². The molecule has 1 aliphatic carbocycles. The predicted octanol–water partition coefficient (Wildman–Crippen LogP) is 5.86. The van der Waals surface area contributed by atoms with E-state index in [1.807, 2.05) is 30.3 Å². The molecule has 3 aromatic carbocycles. The first-order chi connectivity index (χ1) is 11.7. The van der Waals surface area contributed by atoms with Gasteiger partial charge >= 0.3 is 0 Å². The molecule has 1 heteroatoms. The maximum absolute atomic E-state index is 8.77. The molecule has 0 saturated carbocycles. The first kappa shape index (κ1) is 14.6. The summed E-state index contributed by atoms with van der Waals surface area (Å²) in [5, 5.41) is 11.2. The molecule has 0 heterocycles. The Morgan fingerprint density at radius 2 is 1.54 bits per heavy atom.